The average molecular weight is 522 g/mol. The number of furan rings is 1. The van der Waals surface area contributed by atoms with Gasteiger partial charge in [0.05, 0.1) is 6.26 Å². The van der Waals surface area contributed by atoms with Crippen LogP contribution >= 0.6 is 0 Å². The Balaban J connectivity index is 1.10. The van der Waals surface area contributed by atoms with Gasteiger partial charge in [-0.15, -0.1) is 5.10 Å². The van der Waals surface area contributed by atoms with Crippen molar-refractivity contribution in [2.75, 3.05) is 43.4 Å². The molecular formula is C27H39N9O2. The molecule has 0 aromatic carbocycles. The highest BCUT2D eigenvalue weighted by atomic mass is 16.3. The van der Waals surface area contributed by atoms with Crippen molar-refractivity contribution in [1.82, 2.24) is 34.4 Å². The summed E-state index contributed by atoms with van der Waals surface area (Å²) in [5.74, 6) is 2.87. The molecule has 38 heavy (non-hydrogen) atoms. The van der Waals surface area contributed by atoms with E-state index in [0.717, 1.165) is 44.9 Å². The maximum absolute atomic E-state index is 13.7. The number of rotatable bonds is 4. The predicted molar refractivity (Wildman–Crippen MR) is 144 cm³/mol. The van der Waals surface area contributed by atoms with Gasteiger partial charge in [0, 0.05) is 38.8 Å². The number of aromatic nitrogens is 5. The number of amides is 1. The van der Waals surface area contributed by atoms with Crippen molar-refractivity contribution in [3.63, 3.8) is 0 Å². The van der Waals surface area contributed by atoms with Crippen molar-refractivity contribution in [3.8, 4) is 11.6 Å². The Morgan fingerprint density at radius 3 is 2.45 bits per heavy atom. The smallest absolute Gasteiger partial charge is 0.259 e. The van der Waals surface area contributed by atoms with E-state index in [0.29, 0.717) is 41.3 Å². The molecule has 5 heterocycles. The standard InChI is InChI=1S/C27H39N9O2/c1-27(2,3)18-8-10-19(11-9-18)33-13-15-34(16-14-33)23(37)20-6-4-12-35(20)25-30-24(28)36-26(31-25)29-22(32-36)21-7-5-17-38-21/h5,7,17-20H,4,6,8-16H2,1-3H3,(H2,28,29,30,31,32)/t18?,19?,20-/m0/s1. The summed E-state index contributed by atoms with van der Waals surface area (Å²) in [5, 5.41) is 4.38. The lowest BCUT2D eigenvalue weighted by atomic mass is 9.71. The highest BCUT2D eigenvalue weighted by Crippen LogP contribution is 2.39. The minimum atomic E-state index is -0.280. The molecule has 0 unspecified atom stereocenters. The first-order valence-electron chi connectivity index (χ1n) is 14.0. The molecule has 1 atom stereocenters. The Bertz CT molecular complexity index is 1270. The number of nitrogens with zero attached hydrogens (tertiary/aromatic N) is 8. The summed E-state index contributed by atoms with van der Waals surface area (Å²) in [6.07, 6.45) is 8.44. The lowest BCUT2D eigenvalue weighted by Crippen LogP contribution is -2.56. The topological polar surface area (TPSA) is 122 Å². The second-order valence-electron chi connectivity index (χ2n) is 12.1. The number of piperazine rings is 1. The highest BCUT2D eigenvalue weighted by Gasteiger charge is 2.38. The highest BCUT2D eigenvalue weighted by molar-refractivity contribution is 5.85. The Kier molecular flexibility index (Phi) is 6.49. The van der Waals surface area contributed by atoms with E-state index in [9.17, 15) is 4.79 Å². The summed E-state index contributed by atoms with van der Waals surface area (Å²) in [5.41, 5.74) is 6.63. The van der Waals surface area contributed by atoms with Crippen LogP contribution in [-0.2, 0) is 4.79 Å². The van der Waals surface area contributed by atoms with Crippen molar-refractivity contribution < 1.29 is 9.21 Å². The van der Waals surface area contributed by atoms with Crippen molar-refractivity contribution in [2.45, 2.75) is 71.4 Å². The van der Waals surface area contributed by atoms with Crippen molar-refractivity contribution in [1.29, 1.82) is 0 Å². The van der Waals surface area contributed by atoms with Gasteiger partial charge < -0.3 is 20.0 Å². The lowest BCUT2D eigenvalue weighted by Gasteiger charge is -2.44. The van der Waals surface area contributed by atoms with Crippen LogP contribution < -0.4 is 10.6 Å². The third-order valence-electron chi connectivity index (χ3n) is 8.82. The number of hydrogen-bond donors (Lipinski definition) is 1. The van der Waals surface area contributed by atoms with Crippen LogP contribution in [0.4, 0.5) is 11.9 Å². The quantitative estimate of drug-likeness (QED) is 0.552. The zero-order chi connectivity index (χ0) is 26.4. The van der Waals surface area contributed by atoms with Gasteiger partial charge in [0.2, 0.25) is 23.6 Å². The first-order valence-corrected chi connectivity index (χ1v) is 14.0. The molecule has 11 heteroatoms. The molecule has 0 bridgehead atoms. The fourth-order valence-corrected chi connectivity index (χ4v) is 6.52. The number of fused-ring (bicyclic) bond motifs is 1. The van der Waals surface area contributed by atoms with Gasteiger partial charge >= 0.3 is 0 Å². The molecule has 3 aromatic heterocycles. The van der Waals surface area contributed by atoms with Crippen molar-refractivity contribution >= 4 is 23.6 Å². The van der Waals surface area contributed by atoms with Crippen LogP contribution in [0.2, 0.25) is 0 Å². The first-order chi connectivity index (χ1) is 18.3. The largest absolute Gasteiger partial charge is 0.461 e. The van der Waals surface area contributed by atoms with E-state index in [4.69, 9.17) is 10.2 Å². The molecule has 1 amide bonds. The minimum absolute atomic E-state index is 0.165. The summed E-state index contributed by atoms with van der Waals surface area (Å²) in [7, 11) is 0. The van der Waals surface area contributed by atoms with E-state index in [1.807, 2.05) is 9.80 Å². The molecule has 0 spiro atoms. The maximum Gasteiger partial charge on any atom is 0.259 e. The predicted octanol–water partition coefficient (Wildman–Crippen LogP) is 3.08. The second-order valence-corrected chi connectivity index (χ2v) is 12.1. The van der Waals surface area contributed by atoms with Crippen LogP contribution in [-0.4, -0.2) is 85.1 Å². The third-order valence-corrected chi connectivity index (χ3v) is 8.82. The molecule has 1 saturated carbocycles. The number of anilines is 2. The average Bonchev–Trinajstić information content (AvgIpc) is 3.68. The van der Waals surface area contributed by atoms with Gasteiger partial charge in [-0.1, -0.05) is 20.8 Å². The van der Waals surface area contributed by atoms with Gasteiger partial charge in [0.25, 0.3) is 5.78 Å². The van der Waals surface area contributed by atoms with Crippen LogP contribution in [0.1, 0.15) is 59.3 Å². The van der Waals surface area contributed by atoms with Crippen molar-refractivity contribution in [3.05, 3.63) is 18.4 Å². The molecular weight excluding hydrogens is 482 g/mol. The van der Waals surface area contributed by atoms with Gasteiger partial charge in [0.15, 0.2) is 5.76 Å². The molecule has 11 nitrogen and oxygen atoms in total. The summed E-state index contributed by atoms with van der Waals surface area (Å²) < 4.78 is 6.81. The third kappa shape index (κ3) is 4.72. The Morgan fingerprint density at radius 1 is 1.00 bits per heavy atom. The fourth-order valence-electron chi connectivity index (χ4n) is 6.52. The number of carbonyl (C=O) groups is 1. The minimum Gasteiger partial charge on any atom is -0.461 e. The zero-order valence-corrected chi connectivity index (χ0v) is 22.7. The van der Waals surface area contributed by atoms with E-state index >= 15 is 0 Å². The Labute approximate surface area is 223 Å². The molecule has 3 aliphatic rings. The Hall–Kier alpha value is -3.21. The lowest BCUT2D eigenvalue weighted by molar-refractivity contribution is -0.134. The van der Waals surface area contributed by atoms with E-state index in [1.54, 1.807) is 18.4 Å². The number of hydrogen-bond acceptors (Lipinski definition) is 9. The molecule has 2 saturated heterocycles. The Morgan fingerprint density at radius 2 is 1.76 bits per heavy atom. The molecule has 2 N–H and O–H groups in total. The molecule has 1 aliphatic carbocycles. The molecule has 6 rings (SSSR count). The molecule has 2 aliphatic heterocycles. The summed E-state index contributed by atoms with van der Waals surface area (Å²) in [4.78, 5) is 33.9. The van der Waals surface area contributed by atoms with Gasteiger partial charge in [-0.05, 0) is 62.0 Å². The van der Waals surface area contributed by atoms with Gasteiger partial charge in [-0.25, -0.2) is 0 Å². The van der Waals surface area contributed by atoms with Crippen LogP contribution in [0, 0.1) is 11.3 Å². The molecule has 3 aromatic rings. The fraction of sp³-hybridized carbons (Fsp3) is 0.667. The molecule has 204 valence electrons. The van der Waals surface area contributed by atoms with Crippen LogP contribution in [0.5, 0.6) is 0 Å². The van der Waals surface area contributed by atoms with E-state index in [-0.39, 0.29) is 17.9 Å². The second kappa shape index (κ2) is 9.83. The maximum atomic E-state index is 13.7. The summed E-state index contributed by atoms with van der Waals surface area (Å²) in [6, 6.07) is 3.94. The van der Waals surface area contributed by atoms with Crippen LogP contribution in [0.15, 0.2) is 22.8 Å². The monoisotopic (exact) mass is 521 g/mol. The summed E-state index contributed by atoms with van der Waals surface area (Å²) >= 11 is 0. The molecule has 0 radical (unpaired) electrons. The summed E-state index contributed by atoms with van der Waals surface area (Å²) in [6.45, 7) is 11.3. The van der Waals surface area contributed by atoms with Crippen LogP contribution in [0.3, 0.4) is 0 Å². The van der Waals surface area contributed by atoms with Gasteiger partial charge in [-0.2, -0.15) is 19.5 Å². The number of nitrogens with two attached hydrogens (primary N) is 1. The zero-order valence-electron chi connectivity index (χ0n) is 22.7. The number of nitrogen functional groups attached to an aromatic ring is 1. The molecule has 3 fully saturated rings. The van der Waals surface area contributed by atoms with E-state index in [1.165, 1.54) is 30.2 Å². The SMILES string of the molecule is CC(C)(C)C1CCC(N2CCN(C(=O)[C@@H]3CCCN3c3nc(N)n4nc(-c5ccco5)nc4n3)CC2)CC1. The first kappa shape index (κ1) is 25.1. The number of carbonyl (C=O) groups excluding carboxylic acids is 1. The van der Waals surface area contributed by atoms with Crippen molar-refractivity contribution in [2.24, 2.45) is 11.3 Å². The van der Waals surface area contributed by atoms with Crippen LogP contribution in [0.25, 0.3) is 17.4 Å². The van der Waals surface area contributed by atoms with Gasteiger partial charge in [-0.3, -0.25) is 9.69 Å². The van der Waals surface area contributed by atoms with Gasteiger partial charge in [0.1, 0.15) is 6.04 Å². The normalized spacial score (nSPS) is 25.4. The van der Waals surface area contributed by atoms with E-state index in [2.05, 4.69) is 45.7 Å². The van der Waals surface area contributed by atoms with E-state index < -0.39 is 0 Å².